The Bertz CT molecular complexity index is 745. The molecule has 1 aromatic heterocycles. The average Bonchev–Trinajstić information content (AvgIpc) is 3.55. The zero-order valence-electron chi connectivity index (χ0n) is 14.8. The fourth-order valence-corrected chi connectivity index (χ4v) is 5.06. The monoisotopic (exact) mass is 376 g/mol. The summed E-state index contributed by atoms with van der Waals surface area (Å²) in [6, 6.07) is 0. The maximum atomic E-state index is 13.0. The molecule has 140 valence electrons. The van der Waals surface area contributed by atoms with E-state index >= 15 is 0 Å². The Morgan fingerprint density at radius 2 is 1.92 bits per heavy atom. The maximum Gasteiger partial charge on any atom is 0.254 e. The fraction of sp³-hybridized carbons (Fsp3) is 0.684. The number of thiophene rings is 1. The Morgan fingerprint density at radius 3 is 2.62 bits per heavy atom. The summed E-state index contributed by atoms with van der Waals surface area (Å²) in [5, 5.41) is 6.80. The molecule has 2 N–H and O–H groups in total. The van der Waals surface area contributed by atoms with Crippen LogP contribution in [0, 0.1) is 11.8 Å². The van der Waals surface area contributed by atoms with Gasteiger partial charge in [-0.25, -0.2) is 0 Å². The summed E-state index contributed by atoms with van der Waals surface area (Å²) in [5.41, 5.74) is 1.64. The minimum atomic E-state index is -0.586. The first-order chi connectivity index (χ1) is 12.6. The number of hydrogen-bond donors (Lipinski definition) is 2. The Balaban J connectivity index is 1.44. The van der Waals surface area contributed by atoms with Crippen molar-refractivity contribution in [1.29, 1.82) is 0 Å². The Hall–Kier alpha value is -1.44. The molecule has 3 aliphatic carbocycles. The molecule has 1 aromatic rings. The molecule has 26 heavy (non-hydrogen) atoms. The van der Waals surface area contributed by atoms with Crippen molar-refractivity contribution in [1.82, 2.24) is 5.32 Å². The van der Waals surface area contributed by atoms with Gasteiger partial charge in [-0.05, 0) is 43.6 Å². The van der Waals surface area contributed by atoms with Gasteiger partial charge in [-0.15, -0.1) is 11.3 Å². The molecule has 1 spiro atoms. The second kappa shape index (κ2) is 6.32. The first-order valence-corrected chi connectivity index (χ1v) is 10.5. The molecule has 1 aliphatic heterocycles. The summed E-state index contributed by atoms with van der Waals surface area (Å²) in [7, 11) is 0. The number of carbonyl (C=O) groups is 2. The lowest BCUT2D eigenvalue weighted by Crippen LogP contribution is -2.37. The van der Waals surface area contributed by atoms with Crippen LogP contribution in [0.1, 0.15) is 52.9 Å². The van der Waals surface area contributed by atoms with Crippen molar-refractivity contribution >= 4 is 28.2 Å². The van der Waals surface area contributed by atoms with E-state index < -0.39 is 5.79 Å². The molecule has 0 aromatic carbocycles. The highest BCUT2D eigenvalue weighted by Gasteiger charge is 2.43. The highest BCUT2D eigenvalue weighted by Crippen LogP contribution is 2.44. The predicted octanol–water partition coefficient (Wildman–Crippen LogP) is 2.47. The van der Waals surface area contributed by atoms with Crippen molar-refractivity contribution < 1.29 is 19.1 Å². The average molecular weight is 376 g/mol. The third-order valence-electron chi connectivity index (χ3n) is 5.74. The van der Waals surface area contributed by atoms with Crippen LogP contribution in [0.25, 0.3) is 0 Å². The van der Waals surface area contributed by atoms with E-state index in [2.05, 4.69) is 10.6 Å². The number of carbonyl (C=O) groups excluding carboxylic acids is 2. The van der Waals surface area contributed by atoms with E-state index in [9.17, 15) is 9.59 Å². The van der Waals surface area contributed by atoms with E-state index in [1.807, 2.05) is 0 Å². The van der Waals surface area contributed by atoms with Crippen molar-refractivity contribution in [2.24, 2.45) is 11.8 Å². The molecule has 0 radical (unpaired) electrons. The van der Waals surface area contributed by atoms with Crippen molar-refractivity contribution in [2.75, 3.05) is 25.1 Å². The lowest BCUT2D eigenvalue weighted by Gasteiger charge is -2.31. The van der Waals surface area contributed by atoms with Crippen LogP contribution in [0.3, 0.4) is 0 Å². The normalized spacial score (nSPS) is 23.7. The van der Waals surface area contributed by atoms with Gasteiger partial charge in [0.25, 0.3) is 5.91 Å². The molecule has 3 fully saturated rings. The lowest BCUT2D eigenvalue weighted by molar-refractivity contribution is -0.163. The number of aryl methyl sites for hydroxylation is 1. The molecule has 1 saturated heterocycles. The standard InChI is InChI=1S/C19H24N2O4S/c22-16(12-3-4-12)21-18-15(17(23)20-10-11-1-2-11)13-9-19(24-7-8-25-19)6-5-14(13)26-18/h11-12H,1-10H2,(H,20,23)(H,21,22). The van der Waals surface area contributed by atoms with Crippen LogP contribution in [0.4, 0.5) is 5.00 Å². The summed E-state index contributed by atoms with van der Waals surface area (Å²) in [4.78, 5) is 26.4. The number of nitrogens with one attached hydrogen (secondary N) is 2. The van der Waals surface area contributed by atoms with Gasteiger partial charge in [0.1, 0.15) is 5.00 Å². The van der Waals surface area contributed by atoms with Crippen LogP contribution in [0.5, 0.6) is 0 Å². The van der Waals surface area contributed by atoms with E-state index in [-0.39, 0.29) is 17.7 Å². The molecule has 7 heteroatoms. The molecule has 2 saturated carbocycles. The zero-order chi connectivity index (χ0) is 17.7. The summed E-state index contributed by atoms with van der Waals surface area (Å²) in [5.74, 6) is 0.116. The van der Waals surface area contributed by atoms with Gasteiger partial charge in [0.2, 0.25) is 5.91 Å². The van der Waals surface area contributed by atoms with E-state index in [0.717, 1.165) is 37.8 Å². The highest BCUT2D eigenvalue weighted by molar-refractivity contribution is 7.17. The van der Waals surface area contributed by atoms with Crippen LogP contribution in [-0.4, -0.2) is 37.4 Å². The van der Waals surface area contributed by atoms with Crippen molar-refractivity contribution in [3.05, 3.63) is 16.0 Å². The minimum absolute atomic E-state index is 0.0444. The van der Waals surface area contributed by atoms with Crippen LogP contribution in [-0.2, 0) is 27.1 Å². The van der Waals surface area contributed by atoms with Crippen molar-refractivity contribution in [3.8, 4) is 0 Å². The van der Waals surface area contributed by atoms with E-state index in [4.69, 9.17) is 9.47 Å². The molecule has 4 aliphatic rings. The zero-order valence-corrected chi connectivity index (χ0v) is 15.6. The summed E-state index contributed by atoms with van der Waals surface area (Å²) >= 11 is 1.55. The topological polar surface area (TPSA) is 76.7 Å². The molecular formula is C19H24N2O4S. The van der Waals surface area contributed by atoms with E-state index in [0.29, 0.717) is 36.1 Å². The Labute approximate surface area is 156 Å². The van der Waals surface area contributed by atoms with Gasteiger partial charge in [0, 0.05) is 30.2 Å². The van der Waals surface area contributed by atoms with E-state index in [1.165, 1.54) is 17.7 Å². The Kier molecular flexibility index (Phi) is 4.06. The SMILES string of the molecule is O=C(NCC1CC1)c1c(NC(=O)C2CC2)sc2c1CC1(CC2)OCCO1. The first-order valence-electron chi connectivity index (χ1n) is 9.65. The Morgan fingerprint density at radius 1 is 1.15 bits per heavy atom. The van der Waals surface area contributed by atoms with Crippen LogP contribution >= 0.6 is 11.3 Å². The molecular weight excluding hydrogens is 352 g/mol. The van der Waals surface area contributed by atoms with Crippen LogP contribution in [0.2, 0.25) is 0 Å². The second-order valence-corrected chi connectivity index (χ2v) is 9.01. The number of ether oxygens (including phenoxy) is 2. The summed E-state index contributed by atoms with van der Waals surface area (Å²) in [6.07, 6.45) is 6.50. The third kappa shape index (κ3) is 3.17. The number of amides is 2. The summed E-state index contributed by atoms with van der Waals surface area (Å²) in [6.45, 7) is 1.93. The summed E-state index contributed by atoms with van der Waals surface area (Å²) < 4.78 is 11.8. The van der Waals surface area contributed by atoms with Crippen LogP contribution in [0.15, 0.2) is 0 Å². The minimum Gasteiger partial charge on any atom is -0.352 e. The second-order valence-electron chi connectivity index (χ2n) is 7.91. The van der Waals surface area contributed by atoms with E-state index in [1.54, 1.807) is 11.3 Å². The number of hydrogen-bond acceptors (Lipinski definition) is 5. The fourth-order valence-electron chi connectivity index (χ4n) is 3.84. The lowest BCUT2D eigenvalue weighted by atomic mass is 9.90. The van der Waals surface area contributed by atoms with Gasteiger partial charge < -0.3 is 20.1 Å². The first kappa shape index (κ1) is 16.7. The van der Waals surface area contributed by atoms with Gasteiger partial charge >= 0.3 is 0 Å². The quantitative estimate of drug-likeness (QED) is 0.828. The van der Waals surface area contributed by atoms with Gasteiger partial charge in [0.05, 0.1) is 18.8 Å². The van der Waals surface area contributed by atoms with Gasteiger partial charge in [-0.3, -0.25) is 9.59 Å². The van der Waals surface area contributed by atoms with Crippen molar-refractivity contribution in [3.63, 3.8) is 0 Å². The van der Waals surface area contributed by atoms with Gasteiger partial charge in [0.15, 0.2) is 5.79 Å². The highest BCUT2D eigenvalue weighted by atomic mass is 32.1. The van der Waals surface area contributed by atoms with Gasteiger partial charge in [-0.1, -0.05) is 0 Å². The van der Waals surface area contributed by atoms with Crippen LogP contribution < -0.4 is 10.6 Å². The maximum absolute atomic E-state index is 13.0. The number of rotatable bonds is 5. The largest absolute Gasteiger partial charge is 0.352 e. The molecule has 6 nitrogen and oxygen atoms in total. The molecule has 0 bridgehead atoms. The number of fused-ring (bicyclic) bond motifs is 1. The molecule has 0 unspecified atom stereocenters. The molecule has 2 heterocycles. The smallest absolute Gasteiger partial charge is 0.254 e. The molecule has 5 rings (SSSR count). The predicted molar refractivity (Wildman–Crippen MR) is 97.4 cm³/mol. The molecule has 2 amide bonds. The molecule has 0 atom stereocenters. The van der Waals surface area contributed by atoms with Gasteiger partial charge in [-0.2, -0.15) is 0 Å². The third-order valence-corrected chi connectivity index (χ3v) is 6.95. The van der Waals surface area contributed by atoms with Crippen molar-refractivity contribution in [2.45, 2.75) is 50.7 Å². The number of anilines is 1.